The van der Waals surface area contributed by atoms with E-state index in [-0.39, 0.29) is 11.3 Å². The highest BCUT2D eigenvalue weighted by Crippen LogP contribution is 1.94. The lowest BCUT2D eigenvalue weighted by Gasteiger charge is -1.87. The summed E-state index contributed by atoms with van der Waals surface area (Å²) in [6.07, 6.45) is 0. The molecule has 1 heterocycles. The van der Waals surface area contributed by atoms with Gasteiger partial charge in [-0.2, -0.15) is 4.80 Å². The predicted octanol–water partition coefficient (Wildman–Crippen LogP) is -0.480. The van der Waals surface area contributed by atoms with Gasteiger partial charge < -0.3 is 5.11 Å². The topological polar surface area (TPSA) is 80.9 Å². The second-order valence-corrected chi connectivity index (χ2v) is 2.19. The van der Waals surface area contributed by atoms with Crippen LogP contribution in [0.5, 0.6) is 0 Å². The Morgan fingerprint density at radius 2 is 2.50 bits per heavy atom. The first kappa shape index (κ1) is 7.13. The highest BCUT2D eigenvalue weighted by molar-refractivity contribution is 9.10. The van der Waals surface area contributed by atoms with Crippen molar-refractivity contribution in [1.82, 2.24) is 20.2 Å². The van der Waals surface area contributed by atoms with Crippen LogP contribution in [0.15, 0.2) is 4.73 Å². The van der Waals surface area contributed by atoms with Gasteiger partial charge in [0.05, 0.1) is 0 Å². The van der Waals surface area contributed by atoms with Crippen molar-refractivity contribution in [2.45, 2.75) is 6.54 Å². The molecule has 10 heavy (non-hydrogen) atoms. The molecule has 0 amide bonds. The zero-order chi connectivity index (χ0) is 7.56. The molecule has 0 bridgehead atoms. The van der Waals surface area contributed by atoms with Crippen LogP contribution in [0.4, 0.5) is 0 Å². The van der Waals surface area contributed by atoms with Gasteiger partial charge in [-0.15, -0.1) is 10.2 Å². The van der Waals surface area contributed by atoms with Crippen molar-refractivity contribution in [3.8, 4) is 0 Å². The Bertz CT molecular complexity index is 246. The number of halogens is 1. The molecule has 0 aliphatic rings. The first-order chi connectivity index (χ1) is 4.68. The number of aromatic nitrogens is 4. The van der Waals surface area contributed by atoms with Gasteiger partial charge in [-0.1, -0.05) is 0 Å². The monoisotopic (exact) mass is 206 g/mol. The van der Waals surface area contributed by atoms with Crippen molar-refractivity contribution in [3.05, 3.63) is 4.73 Å². The lowest BCUT2D eigenvalue weighted by atomic mass is 10.7. The number of hydrogen-bond donors (Lipinski definition) is 1. The molecule has 7 heteroatoms. The van der Waals surface area contributed by atoms with E-state index in [1.54, 1.807) is 0 Å². The fraction of sp³-hybridized carbons (Fsp3) is 0.333. The zero-order valence-electron chi connectivity index (χ0n) is 4.73. The van der Waals surface area contributed by atoms with Gasteiger partial charge in [-0.05, 0) is 21.1 Å². The van der Waals surface area contributed by atoms with Crippen LogP contribution >= 0.6 is 15.9 Å². The Morgan fingerprint density at radius 3 is 2.90 bits per heavy atom. The molecule has 0 saturated carbocycles. The molecule has 0 fully saturated rings. The number of hydrogen-bond acceptors (Lipinski definition) is 4. The molecule has 0 spiro atoms. The van der Waals surface area contributed by atoms with Gasteiger partial charge in [-0.25, -0.2) is 0 Å². The second kappa shape index (κ2) is 2.74. The molecular weight excluding hydrogens is 204 g/mol. The van der Waals surface area contributed by atoms with Crippen molar-refractivity contribution in [1.29, 1.82) is 0 Å². The molecule has 54 valence electrons. The van der Waals surface area contributed by atoms with E-state index in [2.05, 4.69) is 31.3 Å². The molecular formula is C3H3BrN4O2. The minimum atomic E-state index is -0.995. The van der Waals surface area contributed by atoms with Crippen molar-refractivity contribution < 1.29 is 9.90 Å². The minimum absolute atomic E-state index is 0.265. The Morgan fingerprint density at radius 1 is 1.80 bits per heavy atom. The third-order valence-electron chi connectivity index (χ3n) is 0.705. The maximum Gasteiger partial charge on any atom is 0.327 e. The molecule has 1 N–H and O–H groups in total. The van der Waals surface area contributed by atoms with E-state index in [0.29, 0.717) is 0 Å². The third-order valence-corrected chi connectivity index (χ3v) is 1.02. The van der Waals surface area contributed by atoms with Crippen LogP contribution in [0.25, 0.3) is 0 Å². The Labute approximate surface area is 64.0 Å². The SMILES string of the molecule is O=C(O)Cn1nnc(Br)n1. The maximum absolute atomic E-state index is 10.0. The molecule has 0 aliphatic carbocycles. The molecule has 0 unspecified atom stereocenters. The van der Waals surface area contributed by atoms with Crippen LogP contribution in [0.3, 0.4) is 0 Å². The summed E-state index contributed by atoms with van der Waals surface area (Å²) < 4.78 is 0.286. The van der Waals surface area contributed by atoms with E-state index < -0.39 is 5.97 Å². The zero-order valence-corrected chi connectivity index (χ0v) is 6.32. The molecule has 0 aromatic carbocycles. The van der Waals surface area contributed by atoms with Crippen LogP contribution in [-0.4, -0.2) is 31.3 Å². The maximum atomic E-state index is 10.0. The van der Waals surface area contributed by atoms with Gasteiger partial charge >= 0.3 is 5.97 Å². The first-order valence-corrected chi connectivity index (χ1v) is 3.13. The van der Waals surface area contributed by atoms with Gasteiger partial charge in [-0.3, -0.25) is 4.79 Å². The van der Waals surface area contributed by atoms with Gasteiger partial charge in [0, 0.05) is 0 Å². The molecule has 1 aromatic rings. The standard InChI is InChI=1S/C3H3BrN4O2/c4-3-5-7-8(6-3)1-2(9)10/h1H2,(H,9,10). The number of aliphatic carboxylic acids is 1. The average molecular weight is 207 g/mol. The third kappa shape index (κ3) is 1.76. The number of rotatable bonds is 2. The molecule has 1 rings (SSSR count). The fourth-order valence-electron chi connectivity index (χ4n) is 0.412. The van der Waals surface area contributed by atoms with Crippen LogP contribution in [0.2, 0.25) is 0 Å². The lowest BCUT2D eigenvalue weighted by Crippen LogP contribution is -2.11. The van der Waals surface area contributed by atoms with Crippen molar-refractivity contribution in [3.63, 3.8) is 0 Å². The van der Waals surface area contributed by atoms with Crippen LogP contribution < -0.4 is 0 Å². The fourth-order valence-corrected chi connectivity index (χ4v) is 0.666. The van der Waals surface area contributed by atoms with E-state index in [1.807, 2.05) is 0 Å². The number of nitrogens with zero attached hydrogens (tertiary/aromatic N) is 4. The number of carbonyl (C=O) groups is 1. The smallest absolute Gasteiger partial charge is 0.327 e. The van der Waals surface area contributed by atoms with Crippen molar-refractivity contribution in [2.75, 3.05) is 0 Å². The molecule has 0 atom stereocenters. The number of carboxylic acids is 1. The summed E-state index contributed by atoms with van der Waals surface area (Å²) >= 11 is 2.92. The largest absolute Gasteiger partial charge is 0.480 e. The molecule has 0 saturated heterocycles. The summed E-state index contributed by atoms with van der Waals surface area (Å²) in [7, 11) is 0. The summed E-state index contributed by atoms with van der Waals surface area (Å²) in [5, 5.41) is 18.6. The predicted molar refractivity (Wildman–Crippen MR) is 33.2 cm³/mol. The lowest BCUT2D eigenvalue weighted by molar-refractivity contribution is -0.138. The van der Waals surface area contributed by atoms with E-state index in [4.69, 9.17) is 5.11 Å². The van der Waals surface area contributed by atoms with Crippen LogP contribution in [0.1, 0.15) is 0 Å². The first-order valence-electron chi connectivity index (χ1n) is 2.33. The van der Waals surface area contributed by atoms with Crippen molar-refractivity contribution >= 4 is 21.9 Å². The number of carboxylic acid groups (broad SMARTS) is 1. The molecule has 1 aromatic heterocycles. The normalized spacial score (nSPS) is 9.70. The summed E-state index contributed by atoms with van der Waals surface area (Å²) in [6.45, 7) is -0.265. The van der Waals surface area contributed by atoms with Gasteiger partial charge in [0.2, 0.25) is 4.73 Å². The van der Waals surface area contributed by atoms with E-state index >= 15 is 0 Å². The average Bonchev–Trinajstić information content (AvgIpc) is 2.13. The van der Waals surface area contributed by atoms with Crippen LogP contribution in [-0.2, 0) is 11.3 Å². The van der Waals surface area contributed by atoms with Crippen LogP contribution in [0, 0.1) is 0 Å². The summed E-state index contributed by atoms with van der Waals surface area (Å²) in [5.41, 5.74) is 0. The van der Waals surface area contributed by atoms with Gasteiger partial charge in [0.25, 0.3) is 0 Å². The Balaban J connectivity index is 2.67. The Kier molecular flexibility index (Phi) is 1.95. The van der Waals surface area contributed by atoms with Gasteiger partial charge in [0.15, 0.2) is 6.54 Å². The summed E-state index contributed by atoms with van der Waals surface area (Å²) in [6, 6.07) is 0. The summed E-state index contributed by atoms with van der Waals surface area (Å²) in [4.78, 5) is 11.0. The minimum Gasteiger partial charge on any atom is -0.480 e. The van der Waals surface area contributed by atoms with E-state index in [1.165, 1.54) is 0 Å². The second-order valence-electron chi connectivity index (χ2n) is 1.48. The highest BCUT2D eigenvalue weighted by Gasteiger charge is 2.01. The Hall–Kier alpha value is -0.980. The summed E-state index contributed by atoms with van der Waals surface area (Å²) in [5.74, 6) is -0.995. The molecule has 0 aliphatic heterocycles. The van der Waals surface area contributed by atoms with Gasteiger partial charge in [0.1, 0.15) is 0 Å². The molecule has 6 nitrogen and oxygen atoms in total. The van der Waals surface area contributed by atoms with E-state index in [0.717, 1.165) is 4.80 Å². The highest BCUT2D eigenvalue weighted by atomic mass is 79.9. The molecule has 0 radical (unpaired) electrons. The van der Waals surface area contributed by atoms with Crippen molar-refractivity contribution in [2.24, 2.45) is 0 Å². The quantitative estimate of drug-likeness (QED) is 0.708. The van der Waals surface area contributed by atoms with E-state index in [9.17, 15) is 4.79 Å². The number of tetrazole rings is 1.